The number of β-amino-alcohol motifs (C(OH)–C–C–N with tert-alkyl or cyclic N) is 1. The lowest BCUT2D eigenvalue weighted by molar-refractivity contribution is -0.143. The fourth-order valence-electron chi connectivity index (χ4n) is 6.80. The molecule has 5 N–H and O–H groups in total. The highest BCUT2D eigenvalue weighted by Crippen LogP contribution is 2.41. The highest BCUT2D eigenvalue weighted by atomic mass is 32.2. The van der Waals surface area contributed by atoms with Gasteiger partial charge in [-0.3, -0.25) is 4.79 Å². The maximum Gasteiger partial charge on any atom is 0.306 e. The molecular formula is C39H55N5O7S. The Bertz CT molecular complexity index is 1630. The van der Waals surface area contributed by atoms with Gasteiger partial charge >= 0.3 is 5.97 Å². The normalized spacial score (nSPS) is 16.7. The van der Waals surface area contributed by atoms with E-state index >= 15 is 0 Å². The fourth-order valence-corrected chi connectivity index (χ4v) is 7.78. The van der Waals surface area contributed by atoms with E-state index in [9.17, 15) is 9.90 Å². The topological polar surface area (TPSA) is 145 Å². The van der Waals surface area contributed by atoms with E-state index in [1.54, 1.807) is 26.1 Å². The van der Waals surface area contributed by atoms with Crippen molar-refractivity contribution in [3.8, 4) is 17.2 Å². The third-order valence-corrected chi connectivity index (χ3v) is 10.5. The summed E-state index contributed by atoms with van der Waals surface area (Å²) in [5.74, 6) is 7.53. The molecule has 12 nitrogen and oxygen atoms in total. The van der Waals surface area contributed by atoms with Crippen molar-refractivity contribution in [1.82, 2.24) is 9.21 Å². The summed E-state index contributed by atoms with van der Waals surface area (Å²) in [5, 5.41) is 11.1. The second-order valence-electron chi connectivity index (χ2n) is 13.5. The summed E-state index contributed by atoms with van der Waals surface area (Å²) in [5.41, 5.74) is 11.6. The monoisotopic (exact) mass is 737 g/mol. The average Bonchev–Trinajstić information content (AvgIpc) is 3.31. The molecule has 284 valence electrons. The molecule has 3 aromatic rings. The molecule has 2 unspecified atom stereocenters. The molecule has 0 bridgehead atoms. The van der Waals surface area contributed by atoms with Crippen LogP contribution in [-0.2, 0) is 20.8 Å². The van der Waals surface area contributed by atoms with E-state index in [0.29, 0.717) is 56.6 Å². The van der Waals surface area contributed by atoms with Gasteiger partial charge < -0.3 is 44.4 Å². The number of likely N-dealkylation sites (tertiary alicyclic amines) is 1. The van der Waals surface area contributed by atoms with Crippen LogP contribution in [0.5, 0.6) is 17.2 Å². The number of aliphatic hydroxyl groups is 1. The van der Waals surface area contributed by atoms with Gasteiger partial charge in [-0.25, -0.2) is 10.1 Å². The number of carbonyl (C=O) groups is 1. The summed E-state index contributed by atoms with van der Waals surface area (Å²) < 4.78 is 31.6. The molecule has 2 atom stereocenters. The van der Waals surface area contributed by atoms with Crippen LogP contribution in [0.2, 0.25) is 0 Å². The van der Waals surface area contributed by atoms with Crippen molar-refractivity contribution in [2.45, 2.75) is 69.6 Å². The Morgan fingerprint density at radius 1 is 1.10 bits per heavy atom. The number of benzene rings is 3. The maximum atomic E-state index is 12.9. The van der Waals surface area contributed by atoms with Crippen molar-refractivity contribution in [3.05, 3.63) is 70.8 Å². The van der Waals surface area contributed by atoms with E-state index in [0.717, 1.165) is 71.1 Å². The van der Waals surface area contributed by atoms with Crippen molar-refractivity contribution in [3.63, 3.8) is 0 Å². The van der Waals surface area contributed by atoms with Crippen LogP contribution in [0, 0.1) is 6.92 Å². The lowest BCUT2D eigenvalue weighted by Gasteiger charge is -2.32. The van der Waals surface area contributed by atoms with E-state index in [4.69, 9.17) is 35.3 Å². The molecule has 0 radical (unpaired) electrons. The Labute approximate surface area is 312 Å². The minimum Gasteiger partial charge on any atom is -0.494 e. The van der Waals surface area contributed by atoms with Gasteiger partial charge in [0.2, 0.25) is 0 Å². The first-order valence-electron chi connectivity index (χ1n) is 18.1. The largest absolute Gasteiger partial charge is 0.494 e. The predicted octanol–water partition coefficient (Wildman–Crippen LogP) is 5.12. The van der Waals surface area contributed by atoms with Gasteiger partial charge in [0, 0.05) is 51.8 Å². The summed E-state index contributed by atoms with van der Waals surface area (Å²) in [7, 11) is 3.28. The molecule has 13 heteroatoms. The van der Waals surface area contributed by atoms with Gasteiger partial charge in [0.05, 0.1) is 49.5 Å². The molecular weight excluding hydrogens is 683 g/mol. The molecule has 1 saturated heterocycles. The van der Waals surface area contributed by atoms with Crippen molar-refractivity contribution in [2.75, 3.05) is 77.5 Å². The average molecular weight is 738 g/mol. The maximum absolute atomic E-state index is 12.9. The van der Waals surface area contributed by atoms with Crippen molar-refractivity contribution < 1.29 is 33.6 Å². The summed E-state index contributed by atoms with van der Waals surface area (Å²) in [6, 6.07) is 16.1. The van der Waals surface area contributed by atoms with Gasteiger partial charge in [-0.1, -0.05) is 18.2 Å². The van der Waals surface area contributed by atoms with Crippen LogP contribution in [0.25, 0.3) is 0 Å². The van der Waals surface area contributed by atoms with Crippen LogP contribution >= 0.6 is 11.9 Å². The Morgan fingerprint density at radius 3 is 2.60 bits per heavy atom. The summed E-state index contributed by atoms with van der Waals surface area (Å²) in [6.07, 6.45) is 2.01. The Kier molecular flexibility index (Phi) is 14.3. The number of anilines is 2. The zero-order valence-electron chi connectivity index (χ0n) is 31.1. The van der Waals surface area contributed by atoms with Crippen LogP contribution in [0.1, 0.15) is 61.3 Å². The van der Waals surface area contributed by atoms with E-state index in [-0.39, 0.29) is 30.5 Å². The molecule has 0 spiro atoms. The van der Waals surface area contributed by atoms with Crippen LogP contribution in [0.3, 0.4) is 0 Å². The molecule has 2 aliphatic rings. The number of hydrazine groups is 1. The number of esters is 1. The van der Waals surface area contributed by atoms with E-state index in [1.807, 2.05) is 44.2 Å². The second kappa shape index (κ2) is 18.9. The fraction of sp³-hybridized carbons (Fsp3) is 0.513. The highest BCUT2D eigenvalue weighted by molar-refractivity contribution is 7.97. The quantitative estimate of drug-likeness (QED) is 0.0447. The lowest BCUT2D eigenvalue weighted by atomic mass is 9.86. The van der Waals surface area contributed by atoms with Gasteiger partial charge in [0.1, 0.15) is 36.1 Å². The standard InChI is InChI=1S/C39H55N5O7S/c1-6-48-38(46)23-33(29-20-34(40)39(42(4)41)36(21-29)47-5)28-8-7-26(2)30(19-28)25-44-15-16-51-35-22-32(9-10-37(35)52-44)50-18-17-49-31-11-13-43(14-12-31)24-27(3)45/h7-10,19-22,27,31,33,45H,6,11-18,23-25,40-41H2,1-5H3. The van der Waals surface area contributed by atoms with Gasteiger partial charge in [0.15, 0.2) is 0 Å². The number of nitrogen functional groups attached to an aromatic ring is 1. The summed E-state index contributed by atoms with van der Waals surface area (Å²) in [6.45, 7) is 11.6. The molecule has 3 aromatic carbocycles. The molecule has 0 saturated carbocycles. The van der Waals surface area contributed by atoms with Crippen LogP contribution in [-0.4, -0.2) is 99.3 Å². The smallest absolute Gasteiger partial charge is 0.306 e. The zero-order valence-corrected chi connectivity index (χ0v) is 32.0. The van der Waals surface area contributed by atoms with Crippen LogP contribution in [0.4, 0.5) is 11.4 Å². The highest BCUT2D eigenvalue weighted by Gasteiger charge is 2.25. The number of hydrogen-bond donors (Lipinski definition) is 3. The van der Waals surface area contributed by atoms with E-state index in [2.05, 4.69) is 34.3 Å². The Hall–Kier alpha value is -3.72. The minimum absolute atomic E-state index is 0.150. The van der Waals surface area contributed by atoms with Crippen molar-refractivity contribution in [1.29, 1.82) is 0 Å². The number of ether oxygens (including phenoxy) is 5. The third kappa shape index (κ3) is 10.7. The SMILES string of the molecule is CCOC(=O)CC(c1ccc(C)c(CN2CCOc3cc(OCCOC4CCN(CC(C)O)CC4)ccc3S2)c1)c1cc(N)c(N(C)N)c(OC)c1. The molecule has 0 amide bonds. The van der Waals surface area contributed by atoms with Crippen molar-refractivity contribution >= 4 is 29.3 Å². The third-order valence-electron chi connectivity index (χ3n) is 9.40. The number of hydrogen-bond acceptors (Lipinski definition) is 13. The zero-order chi connectivity index (χ0) is 37.2. The minimum atomic E-state index is -0.315. The lowest BCUT2D eigenvalue weighted by Crippen LogP contribution is -2.40. The van der Waals surface area contributed by atoms with Crippen LogP contribution in [0.15, 0.2) is 53.4 Å². The van der Waals surface area contributed by atoms with Crippen molar-refractivity contribution in [2.24, 2.45) is 5.84 Å². The number of nitrogens with zero attached hydrogens (tertiary/aromatic N) is 3. The second-order valence-corrected chi connectivity index (χ2v) is 14.6. The number of piperidine rings is 1. The van der Waals surface area contributed by atoms with Gasteiger partial charge in [-0.15, -0.1) is 0 Å². The number of rotatable bonds is 16. The molecule has 2 heterocycles. The first-order chi connectivity index (χ1) is 25.0. The number of nitrogens with two attached hydrogens (primary N) is 2. The molecule has 0 aromatic heterocycles. The molecule has 0 aliphatic carbocycles. The summed E-state index contributed by atoms with van der Waals surface area (Å²) in [4.78, 5) is 16.2. The Morgan fingerprint density at radius 2 is 1.88 bits per heavy atom. The van der Waals surface area contributed by atoms with Gasteiger partial charge in [0.25, 0.3) is 0 Å². The first kappa shape index (κ1) is 39.5. The molecule has 1 fully saturated rings. The molecule has 5 rings (SSSR count). The Balaban J connectivity index is 1.23. The number of fused-ring (bicyclic) bond motifs is 1. The molecule has 52 heavy (non-hydrogen) atoms. The first-order valence-corrected chi connectivity index (χ1v) is 18.9. The predicted molar refractivity (Wildman–Crippen MR) is 205 cm³/mol. The van der Waals surface area contributed by atoms with Gasteiger partial charge in [-0.05, 0) is 92.1 Å². The number of methoxy groups -OCH3 is 1. The van der Waals surface area contributed by atoms with E-state index < -0.39 is 0 Å². The number of aliphatic hydroxyl groups excluding tert-OH is 1. The van der Waals surface area contributed by atoms with Crippen LogP contribution < -0.4 is 30.8 Å². The number of carbonyl (C=O) groups excluding carboxylic acids is 1. The van der Waals surface area contributed by atoms with Gasteiger partial charge in [-0.2, -0.15) is 0 Å². The number of aryl methyl sites for hydroxylation is 1. The van der Waals surface area contributed by atoms with E-state index in [1.165, 1.54) is 5.01 Å². The summed E-state index contributed by atoms with van der Waals surface area (Å²) >= 11 is 1.66. The molecule has 2 aliphatic heterocycles.